The van der Waals surface area contributed by atoms with Crippen molar-refractivity contribution in [3.8, 4) is 0 Å². The zero-order chi connectivity index (χ0) is 21.6. The van der Waals surface area contributed by atoms with Gasteiger partial charge in [-0.15, -0.1) is 0 Å². The number of hydrogen-bond donors (Lipinski definition) is 0. The zero-order valence-electron chi connectivity index (χ0n) is 17.2. The maximum atomic E-state index is 13.0. The zero-order valence-corrected chi connectivity index (χ0v) is 17.2. The van der Waals surface area contributed by atoms with E-state index in [0.717, 1.165) is 21.9 Å². The number of hydrogen-bond acceptors (Lipinski definition) is 4. The van der Waals surface area contributed by atoms with Crippen LogP contribution in [0.4, 0.5) is 0 Å². The molecule has 0 fully saturated rings. The fourth-order valence-electron chi connectivity index (χ4n) is 3.52. The maximum Gasteiger partial charge on any atom is 0.339 e. The van der Waals surface area contributed by atoms with Crippen molar-refractivity contribution in [3.05, 3.63) is 119 Å². The lowest BCUT2D eigenvalue weighted by molar-refractivity contribution is 0.0470. The summed E-state index contributed by atoms with van der Waals surface area (Å²) in [7, 11) is 0. The van der Waals surface area contributed by atoms with Gasteiger partial charge in [0.15, 0.2) is 0 Å². The highest BCUT2D eigenvalue weighted by Crippen LogP contribution is 2.27. The Hall–Kier alpha value is -3.92. The second kappa shape index (κ2) is 9.26. The van der Waals surface area contributed by atoms with E-state index in [1.807, 2.05) is 84.9 Å². The first-order valence-corrected chi connectivity index (χ1v) is 10.1. The fourth-order valence-corrected chi connectivity index (χ4v) is 3.52. The monoisotopic (exact) mass is 410 g/mol. The molecule has 4 nitrogen and oxygen atoms in total. The molecule has 4 aromatic carbocycles. The van der Waals surface area contributed by atoms with E-state index in [2.05, 4.69) is 0 Å². The summed E-state index contributed by atoms with van der Waals surface area (Å²) in [5, 5.41) is 1.53. The number of esters is 2. The molecule has 154 valence electrons. The molecular formula is C27H22O4. The molecular weight excluding hydrogens is 388 g/mol. The van der Waals surface area contributed by atoms with E-state index in [1.165, 1.54) is 0 Å². The Labute approximate surface area is 181 Å². The molecule has 0 aliphatic rings. The first-order valence-electron chi connectivity index (χ1n) is 10.1. The number of ether oxygens (including phenoxy) is 2. The third kappa shape index (κ3) is 4.64. The van der Waals surface area contributed by atoms with Crippen LogP contribution in [0.3, 0.4) is 0 Å². The summed E-state index contributed by atoms with van der Waals surface area (Å²) in [6.07, 6.45) is 0. The summed E-state index contributed by atoms with van der Waals surface area (Å²) in [6, 6.07) is 28.2. The van der Waals surface area contributed by atoms with Crippen LogP contribution in [0, 0.1) is 6.92 Å². The van der Waals surface area contributed by atoms with Gasteiger partial charge >= 0.3 is 11.9 Å². The maximum absolute atomic E-state index is 13.0. The minimum absolute atomic E-state index is 0.163. The van der Waals surface area contributed by atoms with E-state index < -0.39 is 11.9 Å². The van der Waals surface area contributed by atoms with E-state index in [9.17, 15) is 9.59 Å². The van der Waals surface area contributed by atoms with Crippen molar-refractivity contribution in [3.63, 3.8) is 0 Å². The first-order chi connectivity index (χ1) is 15.1. The number of benzene rings is 4. The van der Waals surface area contributed by atoms with Gasteiger partial charge in [-0.05, 0) is 40.5 Å². The Morgan fingerprint density at radius 2 is 1.19 bits per heavy atom. The summed E-state index contributed by atoms with van der Waals surface area (Å²) in [5.41, 5.74) is 3.10. The van der Waals surface area contributed by atoms with Gasteiger partial charge in [-0.3, -0.25) is 0 Å². The second-order valence-electron chi connectivity index (χ2n) is 7.27. The Kier molecular flexibility index (Phi) is 6.08. The molecule has 0 aromatic heterocycles. The van der Waals surface area contributed by atoms with E-state index >= 15 is 0 Å². The summed E-state index contributed by atoms with van der Waals surface area (Å²) in [6.45, 7) is 2.08. The lowest BCUT2D eigenvalue weighted by atomic mass is 9.95. The minimum Gasteiger partial charge on any atom is -0.457 e. The van der Waals surface area contributed by atoms with Crippen LogP contribution in [-0.4, -0.2) is 11.9 Å². The Balaban J connectivity index is 1.63. The topological polar surface area (TPSA) is 52.6 Å². The summed E-state index contributed by atoms with van der Waals surface area (Å²) in [4.78, 5) is 25.9. The Morgan fingerprint density at radius 1 is 0.677 bits per heavy atom. The third-order valence-electron chi connectivity index (χ3n) is 5.16. The summed E-state index contributed by atoms with van der Waals surface area (Å²) >= 11 is 0. The number of carbonyl (C=O) groups is 2. The highest BCUT2D eigenvalue weighted by molar-refractivity contribution is 6.10. The molecule has 0 N–H and O–H groups in total. The molecule has 0 saturated heterocycles. The van der Waals surface area contributed by atoms with Crippen molar-refractivity contribution in [1.82, 2.24) is 0 Å². The molecule has 0 unspecified atom stereocenters. The van der Waals surface area contributed by atoms with Crippen molar-refractivity contribution in [2.75, 3.05) is 0 Å². The van der Waals surface area contributed by atoms with Crippen LogP contribution in [0.25, 0.3) is 10.8 Å². The minimum atomic E-state index is -0.468. The quantitative estimate of drug-likeness (QED) is 0.374. The molecule has 0 radical (unpaired) electrons. The molecule has 4 rings (SSSR count). The number of carbonyl (C=O) groups excluding carboxylic acids is 2. The van der Waals surface area contributed by atoms with Crippen LogP contribution in [0.1, 0.15) is 37.4 Å². The number of fused-ring (bicyclic) bond motifs is 1. The number of rotatable bonds is 6. The molecule has 0 atom stereocenters. The van der Waals surface area contributed by atoms with Gasteiger partial charge in [0.2, 0.25) is 0 Å². The van der Waals surface area contributed by atoms with Gasteiger partial charge in [-0.2, -0.15) is 0 Å². The molecule has 0 heterocycles. The van der Waals surface area contributed by atoms with E-state index in [-0.39, 0.29) is 13.2 Å². The van der Waals surface area contributed by atoms with Crippen LogP contribution in [0.15, 0.2) is 91.0 Å². The van der Waals surface area contributed by atoms with E-state index in [1.54, 1.807) is 13.0 Å². The van der Waals surface area contributed by atoms with Crippen LogP contribution in [0.5, 0.6) is 0 Å². The smallest absolute Gasteiger partial charge is 0.339 e. The SMILES string of the molecule is Cc1c(C(=O)OCc2ccccc2)cc2ccccc2c1C(=O)OCc1ccccc1. The van der Waals surface area contributed by atoms with Crippen molar-refractivity contribution in [2.45, 2.75) is 20.1 Å². The molecule has 0 spiro atoms. The van der Waals surface area contributed by atoms with Gasteiger partial charge in [0.05, 0.1) is 11.1 Å². The van der Waals surface area contributed by atoms with Gasteiger partial charge in [0, 0.05) is 0 Å². The van der Waals surface area contributed by atoms with Gasteiger partial charge in [-0.25, -0.2) is 9.59 Å². The molecule has 0 aliphatic heterocycles. The molecule has 0 bridgehead atoms. The summed E-state index contributed by atoms with van der Waals surface area (Å²) in [5.74, 6) is -0.931. The van der Waals surface area contributed by atoms with Crippen LogP contribution in [0.2, 0.25) is 0 Å². The average Bonchev–Trinajstić information content (AvgIpc) is 2.82. The van der Waals surface area contributed by atoms with Gasteiger partial charge in [-0.1, -0.05) is 84.9 Å². The predicted octanol–water partition coefficient (Wildman–Crippen LogP) is 5.86. The molecule has 4 aromatic rings. The fraction of sp³-hybridized carbons (Fsp3) is 0.111. The third-order valence-corrected chi connectivity index (χ3v) is 5.16. The predicted molar refractivity (Wildman–Crippen MR) is 120 cm³/mol. The first kappa shape index (κ1) is 20.4. The van der Waals surface area contributed by atoms with Crippen LogP contribution >= 0.6 is 0 Å². The molecule has 0 amide bonds. The normalized spacial score (nSPS) is 10.6. The summed E-state index contributed by atoms with van der Waals surface area (Å²) < 4.78 is 11.1. The second-order valence-corrected chi connectivity index (χ2v) is 7.27. The lowest BCUT2D eigenvalue weighted by Gasteiger charge is -2.14. The van der Waals surface area contributed by atoms with Crippen LogP contribution in [-0.2, 0) is 22.7 Å². The van der Waals surface area contributed by atoms with Crippen molar-refractivity contribution in [2.24, 2.45) is 0 Å². The molecule has 4 heteroatoms. The lowest BCUT2D eigenvalue weighted by Crippen LogP contribution is -2.13. The van der Waals surface area contributed by atoms with E-state index in [4.69, 9.17) is 9.47 Å². The molecule has 31 heavy (non-hydrogen) atoms. The van der Waals surface area contributed by atoms with Crippen molar-refractivity contribution in [1.29, 1.82) is 0 Å². The highest BCUT2D eigenvalue weighted by Gasteiger charge is 2.22. The standard InChI is InChI=1S/C27H22O4/c1-19-24(26(28)30-17-20-10-4-2-5-11-20)16-22-14-8-9-15-23(22)25(19)27(29)31-18-21-12-6-3-7-13-21/h2-16H,17-18H2,1H3. The van der Waals surface area contributed by atoms with Gasteiger partial charge in [0.1, 0.15) is 13.2 Å². The Morgan fingerprint density at radius 3 is 1.81 bits per heavy atom. The van der Waals surface area contributed by atoms with Gasteiger partial charge < -0.3 is 9.47 Å². The van der Waals surface area contributed by atoms with Crippen molar-refractivity contribution < 1.29 is 19.1 Å². The average molecular weight is 410 g/mol. The van der Waals surface area contributed by atoms with Crippen molar-refractivity contribution >= 4 is 22.7 Å². The van der Waals surface area contributed by atoms with Crippen LogP contribution < -0.4 is 0 Å². The van der Waals surface area contributed by atoms with Gasteiger partial charge in [0.25, 0.3) is 0 Å². The highest BCUT2D eigenvalue weighted by atomic mass is 16.5. The molecule has 0 saturated carbocycles. The Bertz CT molecular complexity index is 1210. The molecule has 0 aliphatic carbocycles. The largest absolute Gasteiger partial charge is 0.457 e. The van der Waals surface area contributed by atoms with E-state index in [0.29, 0.717) is 16.7 Å².